The average Bonchev–Trinajstić information content (AvgIpc) is 2.81. The fourth-order valence-corrected chi connectivity index (χ4v) is 6.42. The molecule has 20 heavy (non-hydrogen) atoms. The zero-order chi connectivity index (χ0) is 14.0. The van der Waals surface area contributed by atoms with Crippen molar-refractivity contribution in [1.29, 1.82) is 0 Å². The van der Waals surface area contributed by atoms with E-state index in [0.717, 1.165) is 36.9 Å². The molecule has 0 aromatic rings. The van der Waals surface area contributed by atoms with Gasteiger partial charge in [-0.15, -0.1) is 0 Å². The molecule has 0 amide bonds. The zero-order valence-electron chi connectivity index (χ0n) is 13.5. The fourth-order valence-electron chi connectivity index (χ4n) is 6.42. The van der Waals surface area contributed by atoms with E-state index in [-0.39, 0.29) is 0 Å². The Hall–Kier alpha value is -0.300. The van der Waals surface area contributed by atoms with Gasteiger partial charge in [0.2, 0.25) is 0 Å². The first-order valence-corrected chi connectivity index (χ1v) is 8.82. The number of fused-ring (bicyclic) bond motifs is 5. The van der Waals surface area contributed by atoms with Gasteiger partial charge in [-0.3, -0.25) is 0 Å². The van der Waals surface area contributed by atoms with Crippen molar-refractivity contribution < 1.29 is 4.74 Å². The van der Waals surface area contributed by atoms with Crippen LogP contribution in [0, 0.1) is 34.5 Å². The summed E-state index contributed by atoms with van der Waals surface area (Å²) >= 11 is 0. The molecule has 0 aromatic carbocycles. The van der Waals surface area contributed by atoms with Gasteiger partial charge in [-0.05, 0) is 73.0 Å². The van der Waals surface area contributed by atoms with E-state index in [9.17, 15) is 0 Å². The molecule has 1 heterocycles. The van der Waals surface area contributed by atoms with Crippen LogP contribution in [-0.4, -0.2) is 13.2 Å². The molecule has 4 aliphatic rings. The number of ether oxygens (including phenoxy) is 1. The third kappa shape index (κ3) is 1.65. The van der Waals surface area contributed by atoms with Crippen molar-refractivity contribution in [1.82, 2.24) is 0 Å². The molecule has 1 heteroatoms. The average molecular weight is 274 g/mol. The second-order valence-corrected chi connectivity index (χ2v) is 8.72. The normalized spacial score (nSPS) is 54.6. The van der Waals surface area contributed by atoms with E-state index >= 15 is 0 Å². The van der Waals surface area contributed by atoms with Crippen molar-refractivity contribution in [2.45, 2.75) is 59.3 Å². The molecule has 0 aromatic heterocycles. The lowest BCUT2D eigenvalue weighted by Crippen LogP contribution is -2.52. The molecule has 112 valence electrons. The minimum atomic E-state index is 0.488. The summed E-state index contributed by atoms with van der Waals surface area (Å²) in [5.41, 5.74) is 2.83. The van der Waals surface area contributed by atoms with Gasteiger partial charge in [0.1, 0.15) is 0 Å². The summed E-state index contributed by atoms with van der Waals surface area (Å²) in [6, 6.07) is 0. The quantitative estimate of drug-likeness (QED) is 0.575. The molecule has 0 radical (unpaired) electrons. The largest absolute Gasteiger partial charge is 0.381 e. The molecule has 1 nitrogen and oxygen atoms in total. The predicted molar refractivity (Wildman–Crippen MR) is 82.5 cm³/mol. The number of rotatable bonds is 0. The van der Waals surface area contributed by atoms with Gasteiger partial charge in [0.15, 0.2) is 0 Å². The Morgan fingerprint density at radius 1 is 1.20 bits per heavy atom. The number of hydrogen-bond donors (Lipinski definition) is 0. The SMILES string of the molecule is CC1CC2=CCCC[C@]2(C)[C@@H]2CC[C@]3(C)COC[C@H]3[C@H]12. The summed E-state index contributed by atoms with van der Waals surface area (Å²) in [5, 5.41) is 0. The minimum absolute atomic E-state index is 0.488. The molecule has 1 unspecified atom stereocenters. The highest BCUT2D eigenvalue weighted by Crippen LogP contribution is 2.64. The van der Waals surface area contributed by atoms with Crippen LogP contribution in [0.1, 0.15) is 59.3 Å². The van der Waals surface area contributed by atoms with E-state index in [0.29, 0.717) is 10.8 Å². The van der Waals surface area contributed by atoms with Crippen LogP contribution < -0.4 is 0 Å². The van der Waals surface area contributed by atoms with Crippen molar-refractivity contribution in [2.24, 2.45) is 34.5 Å². The lowest BCUT2D eigenvalue weighted by molar-refractivity contribution is -0.0541. The smallest absolute Gasteiger partial charge is 0.0523 e. The first-order valence-electron chi connectivity index (χ1n) is 8.82. The molecular weight excluding hydrogens is 244 g/mol. The zero-order valence-corrected chi connectivity index (χ0v) is 13.5. The monoisotopic (exact) mass is 274 g/mol. The van der Waals surface area contributed by atoms with Crippen LogP contribution in [0.4, 0.5) is 0 Å². The Labute approximate surface area is 124 Å². The van der Waals surface area contributed by atoms with E-state index in [1.165, 1.54) is 38.5 Å². The first-order chi connectivity index (χ1) is 9.55. The molecule has 0 spiro atoms. The molecule has 6 atom stereocenters. The van der Waals surface area contributed by atoms with Crippen LogP contribution in [0.2, 0.25) is 0 Å². The third-order valence-electron chi connectivity index (χ3n) is 7.62. The van der Waals surface area contributed by atoms with E-state index in [1.54, 1.807) is 0 Å². The van der Waals surface area contributed by atoms with Crippen LogP contribution in [0.25, 0.3) is 0 Å². The van der Waals surface area contributed by atoms with E-state index in [2.05, 4.69) is 26.8 Å². The van der Waals surface area contributed by atoms with Gasteiger partial charge in [-0.25, -0.2) is 0 Å². The Morgan fingerprint density at radius 2 is 2.05 bits per heavy atom. The van der Waals surface area contributed by atoms with Crippen LogP contribution in [0.5, 0.6) is 0 Å². The summed E-state index contributed by atoms with van der Waals surface area (Å²) in [7, 11) is 0. The Bertz CT molecular complexity index is 439. The highest BCUT2D eigenvalue weighted by molar-refractivity contribution is 5.24. The van der Waals surface area contributed by atoms with E-state index in [1.807, 2.05) is 5.57 Å². The lowest BCUT2D eigenvalue weighted by Gasteiger charge is -2.59. The Kier molecular flexibility index (Phi) is 2.91. The van der Waals surface area contributed by atoms with Crippen LogP contribution in [-0.2, 0) is 4.74 Å². The minimum Gasteiger partial charge on any atom is -0.381 e. The Morgan fingerprint density at radius 3 is 2.90 bits per heavy atom. The predicted octanol–water partition coefficient (Wildman–Crippen LogP) is 4.82. The van der Waals surface area contributed by atoms with Gasteiger partial charge in [0.05, 0.1) is 13.2 Å². The highest BCUT2D eigenvalue weighted by Gasteiger charge is 2.58. The summed E-state index contributed by atoms with van der Waals surface area (Å²) < 4.78 is 5.95. The molecule has 1 saturated heterocycles. The van der Waals surface area contributed by atoms with Crippen molar-refractivity contribution >= 4 is 0 Å². The molecule has 2 saturated carbocycles. The second kappa shape index (κ2) is 4.35. The summed E-state index contributed by atoms with van der Waals surface area (Å²) in [5.74, 6) is 3.54. The summed E-state index contributed by atoms with van der Waals surface area (Å²) in [6.45, 7) is 9.68. The topological polar surface area (TPSA) is 9.23 Å². The first kappa shape index (κ1) is 13.4. The van der Waals surface area contributed by atoms with Crippen molar-refractivity contribution in [3.8, 4) is 0 Å². The van der Waals surface area contributed by atoms with Crippen molar-refractivity contribution in [2.75, 3.05) is 13.2 Å². The molecule has 0 N–H and O–H groups in total. The third-order valence-corrected chi connectivity index (χ3v) is 7.62. The second-order valence-electron chi connectivity index (χ2n) is 8.72. The highest BCUT2D eigenvalue weighted by atomic mass is 16.5. The lowest BCUT2D eigenvalue weighted by atomic mass is 9.45. The van der Waals surface area contributed by atoms with Gasteiger partial charge in [0, 0.05) is 0 Å². The van der Waals surface area contributed by atoms with Gasteiger partial charge < -0.3 is 4.74 Å². The van der Waals surface area contributed by atoms with Gasteiger partial charge in [-0.2, -0.15) is 0 Å². The van der Waals surface area contributed by atoms with Crippen molar-refractivity contribution in [3.05, 3.63) is 11.6 Å². The van der Waals surface area contributed by atoms with Crippen LogP contribution >= 0.6 is 0 Å². The van der Waals surface area contributed by atoms with Gasteiger partial charge >= 0.3 is 0 Å². The Balaban J connectivity index is 1.73. The summed E-state index contributed by atoms with van der Waals surface area (Å²) in [6.07, 6.45) is 11.0. The standard InChI is InChI=1S/C19H30O/c1-13-10-14-6-4-5-8-19(14,3)15-7-9-18(2)12-20-11-16(18)17(13)15/h6,13,15-17H,4-5,7-12H2,1-3H3/t13?,15-,16+,17-,18-,19+/m1/s1. The maximum Gasteiger partial charge on any atom is 0.0523 e. The maximum absolute atomic E-state index is 5.95. The van der Waals surface area contributed by atoms with E-state index < -0.39 is 0 Å². The summed E-state index contributed by atoms with van der Waals surface area (Å²) in [4.78, 5) is 0. The van der Waals surface area contributed by atoms with E-state index in [4.69, 9.17) is 4.74 Å². The molecule has 3 fully saturated rings. The molecule has 4 rings (SSSR count). The fraction of sp³-hybridized carbons (Fsp3) is 0.895. The van der Waals surface area contributed by atoms with Crippen LogP contribution in [0.15, 0.2) is 11.6 Å². The van der Waals surface area contributed by atoms with Crippen LogP contribution in [0.3, 0.4) is 0 Å². The van der Waals surface area contributed by atoms with Gasteiger partial charge in [-0.1, -0.05) is 32.4 Å². The van der Waals surface area contributed by atoms with Gasteiger partial charge in [0.25, 0.3) is 0 Å². The molecular formula is C19H30O. The molecule has 1 aliphatic heterocycles. The molecule has 3 aliphatic carbocycles. The number of allylic oxidation sites excluding steroid dienone is 2. The molecule has 0 bridgehead atoms. The van der Waals surface area contributed by atoms with Crippen molar-refractivity contribution in [3.63, 3.8) is 0 Å². The maximum atomic E-state index is 5.95. The number of hydrogen-bond acceptors (Lipinski definition) is 1.